The van der Waals surface area contributed by atoms with Crippen LogP contribution in [0.1, 0.15) is 12.6 Å². The van der Waals surface area contributed by atoms with E-state index in [9.17, 15) is 4.79 Å². The molecule has 0 amide bonds. The van der Waals surface area contributed by atoms with Crippen LogP contribution in [0.4, 0.5) is 0 Å². The maximum atomic E-state index is 10.8. The number of rotatable bonds is 3. The first-order valence-electron chi connectivity index (χ1n) is 3.69. The fourth-order valence-electron chi connectivity index (χ4n) is 1.03. The minimum Gasteiger partial charge on any atom is -0.326 e. The first-order chi connectivity index (χ1) is 5.65. The molecule has 0 saturated heterocycles. The summed E-state index contributed by atoms with van der Waals surface area (Å²) in [6.07, 6.45) is 4.21. The number of thioether (sulfide) groups is 1. The number of nitrogens with zero attached hydrogens (tertiary/aromatic N) is 2. The van der Waals surface area contributed by atoms with Crippen LogP contribution in [-0.4, -0.2) is 21.6 Å². The molecule has 0 unspecified atom stereocenters. The van der Waals surface area contributed by atoms with Crippen molar-refractivity contribution in [1.82, 2.24) is 9.55 Å². The van der Waals surface area contributed by atoms with Crippen molar-refractivity contribution in [3.05, 3.63) is 11.9 Å². The number of ketones is 1. The van der Waals surface area contributed by atoms with Crippen molar-refractivity contribution in [3.8, 4) is 0 Å². The SMILES string of the molecule is CSc1ncc(CC(C)=O)n1C. The summed E-state index contributed by atoms with van der Waals surface area (Å²) >= 11 is 1.58. The maximum absolute atomic E-state index is 10.8. The number of Topliss-reactive ketones (excluding diaryl/α,β-unsaturated/α-hetero) is 1. The summed E-state index contributed by atoms with van der Waals surface area (Å²) in [6.45, 7) is 1.59. The van der Waals surface area contributed by atoms with Crippen LogP contribution in [0.2, 0.25) is 0 Å². The molecular formula is C8H12N2OS. The van der Waals surface area contributed by atoms with E-state index >= 15 is 0 Å². The molecular weight excluding hydrogens is 172 g/mol. The quantitative estimate of drug-likeness (QED) is 0.664. The van der Waals surface area contributed by atoms with Crippen molar-refractivity contribution < 1.29 is 4.79 Å². The van der Waals surface area contributed by atoms with Crippen molar-refractivity contribution in [2.45, 2.75) is 18.5 Å². The third-order valence-corrected chi connectivity index (χ3v) is 2.40. The molecule has 1 aromatic rings. The second-order valence-corrected chi connectivity index (χ2v) is 3.45. The molecule has 12 heavy (non-hydrogen) atoms. The van der Waals surface area contributed by atoms with E-state index in [2.05, 4.69) is 4.98 Å². The minimum atomic E-state index is 0.172. The zero-order valence-electron chi connectivity index (χ0n) is 7.50. The molecule has 0 fully saturated rings. The highest BCUT2D eigenvalue weighted by Gasteiger charge is 2.06. The Bertz CT molecular complexity index is 293. The molecule has 1 aromatic heterocycles. The van der Waals surface area contributed by atoms with Crippen LogP contribution in [0, 0.1) is 0 Å². The largest absolute Gasteiger partial charge is 0.326 e. The number of hydrogen-bond acceptors (Lipinski definition) is 3. The van der Waals surface area contributed by atoms with E-state index in [-0.39, 0.29) is 5.78 Å². The monoisotopic (exact) mass is 184 g/mol. The van der Waals surface area contributed by atoms with Gasteiger partial charge in [0.15, 0.2) is 5.16 Å². The summed E-state index contributed by atoms with van der Waals surface area (Å²) in [5.74, 6) is 0.172. The van der Waals surface area contributed by atoms with E-state index in [1.54, 1.807) is 24.9 Å². The molecule has 0 bridgehead atoms. The lowest BCUT2D eigenvalue weighted by Crippen LogP contribution is -2.03. The lowest BCUT2D eigenvalue weighted by atomic mass is 10.2. The highest BCUT2D eigenvalue weighted by molar-refractivity contribution is 7.98. The molecule has 66 valence electrons. The molecule has 0 aliphatic carbocycles. The van der Waals surface area contributed by atoms with E-state index < -0.39 is 0 Å². The van der Waals surface area contributed by atoms with Gasteiger partial charge in [-0.2, -0.15) is 0 Å². The van der Waals surface area contributed by atoms with E-state index in [1.807, 2.05) is 17.9 Å². The number of carbonyl (C=O) groups excluding carboxylic acids is 1. The zero-order chi connectivity index (χ0) is 9.14. The van der Waals surface area contributed by atoms with Crippen LogP contribution in [0.3, 0.4) is 0 Å². The predicted octanol–water partition coefficient (Wildman–Crippen LogP) is 1.27. The van der Waals surface area contributed by atoms with Crippen molar-refractivity contribution in [3.63, 3.8) is 0 Å². The van der Waals surface area contributed by atoms with Crippen LogP contribution >= 0.6 is 11.8 Å². The summed E-state index contributed by atoms with van der Waals surface area (Å²) in [4.78, 5) is 15.0. The Morgan fingerprint density at radius 2 is 2.42 bits per heavy atom. The second-order valence-electron chi connectivity index (χ2n) is 2.67. The van der Waals surface area contributed by atoms with Crippen LogP contribution < -0.4 is 0 Å². The molecule has 0 spiro atoms. The highest BCUT2D eigenvalue weighted by Crippen LogP contribution is 2.13. The number of aromatic nitrogens is 2. The predicted molar refractivity (Wildman–Crippen MR) is 49.4 cm³/mol. The number of imidazole rings is 1. The third kappa shape index (κ3) is 1.88. The summed E-state index contributed by atoms with van der Waals surface area (Å²) in [5, 5.41) is 0.950. The van der Waals surface area contributed by atoms with E-state index in [1.165, 1.54) is 0 Å². The van der Waals surface area contributed by atoms with E-state index in [0.29, 0.717) is 6.42 Å². The minimum absolute atomic E-state index is 0.172. The summed E-state index contributed by atoms with van der Waals surface area (Å²) < 4.78 is 1.95. The number of carbonyl (C=O) groups is 1. The van der Waals surface area contributed by atoms with Crippen molar-refractivity contribution in [1.29, 1.82) is 0 Å². The van der Waals surface area contributed by atoms with Gasteiger partial charge in [0.05, 0.1) is 0 Å². The highest BCUT2D eigenvalue weighted by atomic mass is 32.2. The number of hydrogen-bond donors (Lipinski definition) is 0. The van der Waals surface area contributed by atoms with E-state index in [0.717, 1.165) is 10.9 Å². The first kappa shape index (κ1) is 9.32. The molecule has 0 aliphatic rings. The van der Waals surface area contributed by atoms with Gasteiger partial charge in [-0.05, 0) is 13.2 Å². The molecule has 0 radical (unpaired) electrons. The first-order valence-corrected chi connectivity index (χ1v) is 4.91. The molecule has 4 heteroatoms. The van der Waals surface area contributed by atoms with E-state index in [4.69, 9.17) is 0 Å². The smallest absolute Gasteiger partial charge is 0.167 e. The maximum Gasteiger partial charge on any atom is 0.167 e. The van der Waals surface area contributed by atoms with Gasteiger partial charge in [0.2, 0.25) is 0 Å². The molecule has 0 saturated carbocycles. The normalized spacial score (nSPS) is 10.2. The summed E-state index contributed by atoms with van der Waals surface area (Å²) in [7, 11) is 1.93. The third-order valence-electron chi connectivity index (χ3n) is 1.65. The van der Waals surface area contributed by atoms with Gasteiger partial charge >= 0.3 is 0 Å². The van der Waals surface area contributed by atoms with Gasteiger partial charge in [-0.3, -0.25) is 4.79 Å². The van der Waals surface area contributed by atoms with Gasteiger partial charge in [0.1, 0.15) is 5.78 Å². The molecule has 0 aromatic carbocycles. The van der Waals surface area contributed by atoms with Gasteiger partial charge in [0, 0.05) is 25.4 Å². The fourth-order valence-corrected chi connectivity index (χ4v) is 1.58. The lowest BCUT2D eigenvalue weighted by Gasteiger charge is -2.00. The standard InChI is InChI=1S/C8H12N2OS/c1-6(11)4-7-5-9-8(12-3)10(7)2/h5H,4H2,1-3H3. The zero-order valence-corrected chi connectivity index (χ0v) is 8.31. The Balaban J connectivity index is 2.87. The van der Waals surface area contributed by atoms with Gasteiger partial charge in [0.25, 0.3) is 0 Å². The lowest BCUT2D eigenvalue weighted by molar-refractivity contribution is -0.116. The Hall–Kier alpha value is -0.770. The van der Waals surface area contributed by atoms with Crippen molar-refractivity contribution in [2.75, 3.05) is 6.26 Å². The van der Waals surface area contributed by atoms with Crippen LogP contribution in [0.15, 0.2) is 11.4 Å². The van der Waals surface area contributed by atoms with Gasteiger partial charge in [-0.25, -0.2) is 4.98 Å². The summed E-state index contributed by atoms with van der Waals surface area (Å²) in [5.41, 5.74) is 0.979. The van der Waals surface area contributed by atoms with Gasteiger partial charge in [-0.15, -0.1) is 0 Å². The average Bonchev–Trinajstić information content (AvgIpc) is 2.32. The Morgan fingerprint density at radius 1 is 1.75 bits per heavy atom. The van der Waals surface area contributed by atoms with Crippen LogP contribution in [0.25, 0.3) is 0 Å². The topological polar surface area (TPSA) is 34.9 Å². The molecule has 3 nitrogen and oxygen atoms in total. The average molecular weight is 184 g/mol. The second kappa shape index (κ2) is 3.76. The molecule has 1 heterocycles. The Labute approximate surface area is 76.2 Å². The van der Waals surface area contributed by atoms with Crippen molar-refractivity contribution >= 4 is 17.5 Å². The molecule has 0 atom stereocenters. The fraction of sp³-hybridized carbons (Fsp3) is 0.500. The molecule has 1 rings (SSSR count). The molecule has 0 aliphatic heterocycles. The Kier molecular flexibility index (Phi) is 2.92. The van der Waals surface area contributed by atoms with Gasteiger partial charge in [-0.1, -0.05) is 11.8 Å². The van der Waals surface area contributed by atoms with Crippen LogP contribution in [0.5, 0.6) is 0 Å². The summed E-state index contributed by atoms with van der Waals surface area (Å²) in [6, 6.07) is 0. The van der Waals surface area contributed by atoms with Crippen molar-refractivity contribution in [2.24, 2.45) is 7.05 Å². The Morgan fingerprint density at radius 3 is 2.83 bits per heavy atom. The van der Waals surface area contributed by atoms with Crippen LogP contribution in [-0.2, 0) is 18.3 Å². The van der Waals surface area contributed by atoms with Gasteiger partial charge < -0.3 is 4.57 Å². The molecule has 0 N–H and O–H groups in total.